The number of benzene rings is 3. The number of fused-ring (bicyclic) bond motifs is 1. The Bertz CT molecular complexity index is 1150. The molecule has 0 saturated heterocycles. The molecule has 0 spiro atoms. The molecule has 26 heavy (non-hydrogen) atoms. The molecule has 0 saturated carbocycles. The van der Waals surface area contributed by atoms with Gasteiger partial charge in [0.25, 0.3) is 10.1 Å². The second kappa shape index (κ2) is 6.40. The van der Waals surface area contributed by atoms with Crippen molar-refractivity contribution in [2.75, 3.05) is 5.73 Å². The first kappa shape index (κ1) is 17.8. The third-order valence-corrected chi connectivity index (χ3v) is 4.78. The Kier molecular flexibility index (Phi) is 4.39. The lowest BCUT2D eigenvalue weighted by Crippen LogP contribution is -2.00. The second-order valence-electron chi connectivity index (χ2n) is 6.02. The number of phenols is 1. The molecule has 0 bridgehead atoms. The number of aryl methyl sites for hydroxylation is 2. The van der Waals surface area contributed by atoms with Gasteiger partial charge in [0.2, 0.25) is 0 Å². The molecule has 0 aliphatic heterocycles. The van der Waals surface area contributed by atoms with Gasteiger partial charge in [0, 0.05) is 11.1 Å². The highest BCUT2D eigenvalue weighted by Gasteiger charge is 2.17. The van der Waals surface area contributed by atoms with Gasteiger partial charge in [0.1, 0.15) is 5.69 Å². The third-order valence-electron chi connectivity index (χ3n) is 3.94. The molecule has 0 radical (unpaired) electrons. The zero-order chi connectivity index (χ0) is 19.1. The minimum absolute atomic E-state index is 0.0135. The number of nitrogens with two attached hydrogens (primary N) is 1. The van der Waals surface area contributed by atoms with Crippen molar-refractivity contribution >= 4 is 38.0 Å². The van der Waals surface area contributed by atoms with Gasteiger partial charge in [-0.2, -0.15) is 13.5 Å². The molecular weight excluding hydrogens is 354 g/mol. The Balaban J connectivity index is 2.18. The fraction of sp³-hybridized carbons (Fsp3) is 0.111. The highest BCUT2D eigenvalue weighted by atomic mass is 32.2. The van der Waals surface area contributed by atoms with Crippen LogP contribution in [-0.2, 0) is 10.1 Å². The van der Waals surface area contributed by atoms with Crippen molar-refractivity contribution < 1.29 is 18.1 Å². The molecule has 0 atom stereocenters. The van der Waals surface area contributed by atoms with Gasteiger partial charge in [-0.1, -0.05) is 12.1 Å². The van der Waals surface area contributed by atoms with E-state index in [1.54, 1.807) is 19.1 Å². The number of hydrogen-bond donors (Lipinski definition) is 3. The summed E-state index contributed by atoms with van der Waals surface area (Å²) in [4.78, 5) is -0.338. The van der Waals surface area contributed by atoms with E-state index in [0.717, 1.165) is 11.6 Å². The predicted molar refractivity (Wildman–Crippen MR) is 99.9 cm³/mol. The highest BCUT2D eigenvalue weighted by molar-refractivity contribution is 7.85. The summed E-state index contributed by atoms with van der Waals surface area (Å²) >= 11 is 0. The van der Waals surface area contributed by atoms with Crippen LogP contribution in [0.2, 0.25) is 0 Å². The van der Waals surface area contributed by atoms with E-state index < -0.39 is 10.1 Å². The van der Waals surface area contributed by atoms with Crippen LogP contribution in [0.4, 0.5) is 17.1 Å². The van der Waals surface area contributed by atoms with Gasteiger partial charge >= 0.3 is 0 Å². The maximum Gasteiger partial charge on any atom is 0.294 e. The lowest BCUT2D eigenvalue weighted by atomic mass is 10.0. The zero-order valence-electron chi connectivity index (χ0n) is 14.1. The molecular formula is C18H17N3O4S. The van der Waals surface area contributed by atoms with E-state index in [0.29, 0.717) is 16.6 Å². The van der Waals surface area contributed by atoms with Crippen LogP contribution < -0.4 is 5.73 Å². The van der Waals surface area contributed by atoms with Crippen molar-refractivity contribution in [1.82, 2.24) is 0 Å². The van der Waals surface area contributed by atoms with E-state index in [1.807, 2.05) is 25.1 Å². The van der Waals surface area contributed by atoms with Gasteiger partial charge in [-0.05, 0) is 60.7 Å². The predicted octanol–water partition coefficient (Wildman–Crippen LogP) is 4.41. The van der Waals surface area contributed by atoms with Crippen LogP contribution in [0.25, 0.3) is 10.8 Å². The fourth-order valence-electron chi connectivity index (χ4n) is 2.73. The highest BCUT2D eigenvalue weighted by Crippen LogP contribution is 2.42. The molecule has 3 aromatic rings. The lowest BCUT2D eigenvalue weighted by molar-refractivity contribution is 0.480. The van der Waals surface area contributed by atoms with E-state index in [9.17, 15) is 18.1 Å². The van der Waals surface area contributed by atoms with Crippen molar-refractivity contribution in [3.63, 3.8) is 0 Å². The largest absolute Gasteiger partial charge is 0.505 e. The fourth-order valence-corrected chi connectivity index (χ4v) is 3.28. The molecule has 3 rings (SSSR count). The molecule has 134 valence electrons. The molecule has 8 heteroatoms. The summed E-state index contributed by atoms with van der Waals surface area (Å²) in [5.41, 5.74) is 8.40. The molecule has 0 amide bonds. The van der Waals surface area contributed by atoms with Crippen LogP contribution >= 0.6 is 0 Å². The molecule has 0 fully saturated rings. The maximum atomic E-state index is 11.4. The van der Waals surface area contributed by atoms with Crippen molar-refractivity contribution in [3.8, 4) is 5.75 Å². The van der Waals surface area contributed by atoms with E-state index in [-0.39, 0.29) is 27.4 Å². The van der Waals surface area contributed by atoms with Crippen LogP contribution in [0, 0.1) is 13.8 Å². The van der Waals surface area contributed by atoms with Gasteiger partial charge in [-0.3, -0.25) is 4.55 Å². The van der Waals surface area contributed by atoms with E-state index in [1.165, 1.54) is 6.07 Å². The van der Waals surface area contributed by atoms with Crippen molar-refractivity contribution in [1.29, 1.82) is 0 Å². The summed E-state index contributed by atoms with van der Waals surface area (Å²) in [6.07, 6.45) is 0. The molecule has 4 N–H and O–H groups in total. The number of hydrogen-bond acceptors (Lipinski definition) is 6. The molecule has 3 aromatic carbocycles. The number of anilines is 1. The van der Waals surface area contributed by atoms with Gasteiger partial charge in [-0.15, -0.1) is 5.11 Å². The second-order valence-corrected chi connectivity index (χ2v) is 7.44. The molecule has 0 aliphatic rings. The first-order valence-electron chi connectivity index (χ1n) is 7.68. The van der Waals surface area contributed by atoms with Gasteiger partial charge in [0.05, 0.1) is 10.6 Å². The molecule has 0 aromatic heterocycles. The number of rotatable bonds is 3. The van der Waals surface area contributed by atoms with Crippen LogP contribution in [0.5, 0.6) is 5.75 Å². The summed E-state index contributed by atoms with van der Waals surface area (Å²) in [5, 5.41) is 19.5. The smallest absolute Gasteiger partial charge is 0.294 e. The van der Waals surface area contributed by atoms with Crippen LogP contribution in [0.15, 0.2) is 57.6 Å². The SMILES string of the molecule is Cc1cccc(N=Nc2c(C)cc3cc(S(=O)(=O)O)cc(N)c3c2O)c1. The van der Waals surface area contributed by atoms with E-state index >= 15 is 0 Å². The normalized spacial score (nSPS) is 12.1. The minimum atomic E-state index is -4.41. The average molecular weight is 371 g/mol. The average Bonchev–Trinajstić information content (AvgIpc) is 2.53. The van der Waals surface area contributed by atoms with Crippen LogP contribution in [-0.4, -0.2) is 18.1 Å². The quantitative estimate of drug-likeness (QED) is 0.357. The summed E-state index contributed by atoms with van der Waals surface area (Å²) in [5.74, 6) is -0.198. The molecule has 0 unspecified atom stereocenters. The van der Waals surface area contributed by atoms with Gasteiger partial charge in [-0.25, -0.2) is 0 Å². The Morgan fingerprint density at radius 3 is 2.42 bits per heavy atom. The summed E-state index contributed by atoms with van der Waals surface area (Å²) < 4.78 is 31.9. The Morgan fingerprint density at radius 2 is 1.77 bits per heavy atom. The molecule has 0 aliphatic carbocycles. The summed E-state index contributed by atoms with van der Waals surface area (Å²) in [7, 11) is -4.41. The lowest BCUT2D eigenvalue weighted by Gasteiger charge is -2.11. The Labute approximate surface area is 150 Å². The number of phenolic OH excluding ortho intramolecular Hbond substituents is 1. The standard InChI is InChI=1S/C18H17N3O4S/c1-10-4-3-5-13(6-10)20-21-17-11(2)7-12-8-14(26(23,24)25)9-15(19)16(12)18(17)22/h3-9,22H,19H2,1-2H3,(H,23,24,25). The first-order chi connectivity index (χ1) is 12.2. The third kappa shape index (κ3) is 3.37. The number of nitrogens with zero attached hydrogens (tertiary/aromatic N) is 2. The van der Waals surface area contributed by atoms with E-state index in [4.69, 9.17) is 5.73 Å². The summed E-state index contributed by atoms with van der Waals surface area (Å²) in [6.45, 7) is 3.64. The first-order valence-corrected chi connectivity index (χ1v) is 9.12. The van der Waals surface area contributed by atoms with Crippen molar-refractivity contribution in [2.24, 2.45) is 10.2 Å². The Morgan fingerprint density at radius 1 is 1.04 bits per heavy atom. The maximum absolute atomic E-state index is 11.4. The minimum Gasteiger partial charge on any atom is -0.505 e. The Hall–Kier alpha value is -2.97. The van der Waals surface area contributed by atoms with E-state index in [2.05, 4.69) is 10.2 Å². The van der Waals surface area contributed by atoms with Crippen LogP contribution in [0.1, 0.15) is 11.1 Å². The molecule has 7 nitrogen and oxygen atoms in total. The van der Waals surface area contributed by atoms with Crippen molar-refractivity contribution in [3.05, 3.63) is 53.6 Å². The zero-order valence-corrected chi connectivity index (χ0v) is 14.9. The van der Waals surface area contributed by atoms with Gasteiger partial charge < -0.3 is 10.8 Å². The van der Waals surface area contributed by atoms with Gasteiger partial charge in [0.15, 0.2) is 5.75 Å². The number of nitrogen functional groups attached to an aromatic ring is 1. The monoisotopic (exact) mass is 371 g/mol. The topological polar surface area (TPSA) is 125 Å². The number of aromatic hydroxyl groups is 1. The summed E-state index contributed by atoms with van der Waals surface area (Å²) in [6, 6.07) is 11.4. The molecule has 0 heterocycles. The number of azo groups is 1. The van der Waals surface area contributed by atoms with Crippen LogP contribution in [0.3, 0.4) is 0 Å². The van der Waals surface area contributed by atoms with Crippen molar-refractivity contribution in [2.45, 2.75) is 18.7 Å².